The number of carbonyl (C=O) groups excluding carboxylic acids is 1. The van der Waals surface area contributed by atoms with Crippen molar-refractivity contribution in [1.29, 1.82) is 0 Å². The highest BCUT2D eigenvalue weighted by atomic mass is 19.1. The second-order valence-corrected chi connectivity index (χ2v) is 6.53. The number of carbonyl (C=O) groups is 1. The molecule has 0 aliphatic carbocycles. The fourth-order valence-electron chi connectivity index (χ4n) is 3.26. The summed E-state index contributed by atoms with van der Waals surface area (Å²) in [4.78, 5) is 14.1. The van der Waals surface area contributed by atoms with Gasteiger partial charge < -0.3 is 4.57 Å². The van der Waals surface area contributed by atoms with Crippen LogP contribution >= 0.6 is 0 Å². The molecule has 0 unspecified atom stereocenters. The van der Waals surface area contributed by atoms with Gasteiger partial charge in [0.25, 0.3) is 0 Å². The molecule has 0 atom stereocenters. The van der Waals surface area contributed by atoms with Crippen molar-refractivity contribution < 1.29 is 9.18 Å². The van der Waals surface area contributed by atoms with E-state index < -0.39 is 0 Å². The van der Waals surface area contributed by atoms with Gasteiger partial charge in [-0.2, -0.15) is 4.80 Å². The lowest BCUT2D eigenvalue weighted by Crippen LogP contribution is -2.14. The van der Waals surface area contributed by atoms with Crippen molar-refractivity contribution in [3.63, 3.8) is 0 Å². The number of ketones is 1. The number of aromatic nitrogens is 5. The monoisotopic (exact) mass is 375 g/mol. The third-order valence-electron chi connectivity index (χ3n) is 4.59. The van der Waals surface area contributed by atoms with Crippen molar-refractivity contribution >= 4 is 5.78 Å². The fourth-order valence-corrected chi connectivity index (χ4v) is 3.26. The smallest absolute Gasteiger partial charge is 0.204 e. The number of benzene rings is 2. The molecule has 0 aliphatic heterocycles. The number of tetrazole rings is 1. The molecule has 7 heteroatoms. The first-order valence-electron chi connectivity index (χ1n) is 8.84. The van der Waals surface area contributed by atoms with Gasteiger partial charge in [-0.15, -0.1) is 10.2 Å². The normalized spacial score (nSPS) is 11.0. The van der Waals surface area contributed by atoms with Crippen molar-refractivity contribution in [3.8, 4) is 17.1 Å². The fraction of sp³-hybridized carbons (Fsp3) is 0.143. The molecule has 2 aromatic heterocycles. The van der Waals surface area contributed by atoms with E-state index in [-0.39, 0.29) is 18.1 Å². The van der Waals surface area contributed by atoms with Crippen LogP contribution in [-0.2, 0) is 6.54 Å². The predicted octanol–water partition coefficient (Wildman–Crippen LogP) is 3.77. The van der Waals surface area contributed by atoms with Crippen LogP contribution in [0.5, 0.6) is 0 Å². The molecule has 0 saturated heterocycles. The number of hydrogen-bond acceptors (Lipinski definition) is 4. The van der Waals surface area contributed by atoms with E-state index in [1.165, 1.54) is 16.9 Å². The molecule has 0 amide bonds. The minimum Gasteiger partial charge on any atom is -0.318 e. The maximum atomic E-state index is 13.1. The zero-order valence-electron chi connectivity index (χ0n) is 15.5. The first-order chi connectivity index (χ1) is 13.5. The molecule has 0 bridgehead atoms. The highest BCUT2D eigenvalue weighted by Gasteiger charge is 2.18. The number of hydrogen-bond donors (Lipinski definition) is 0. The Hall–Kier alpha value is -3.61. The molecule has 28 heavy (non-hydrogen) atoms. The summed E-state index contributed by atoms with van der Waals surface area (Å²) < 4.78 is 15.1. The quantitative estimate of drug-likeness (QED) is 0.498. The molecule has 0 aliphatic rings. The zero-order valence-corrected chi connectivity index (χ0v) is 15.5. The van der Waals surface area contributed by atoms with Gasteiger partial charge in [0.1, 0.15) is 12.4 Å². The minimum absolute atomic E-state index is 0.0206. The van der Waals surface area contributed by atoms with Gasteiger partial charge in [0.05, 0.1) is 0 Å². The largest absolute Gasteiger partial charge is 0.318 e. The SMILES string of the molecule is Cc1cc(C(=O)Cn2nnc(-c3ccc(F)cc3)n2)c(C)n1-c1ccccc1. The van der Waals surface area contributed by atoms with Gasteiger partial charge in [-0.25, -0.2) is 4.39 Å². The van der Waals surface area contributed by atoms with E-state index in [4.69, 9.17) is 0 Å². The number of halogens is 1. The van der Waals surface area contributed by atoms with Gasteiger partial charge in [0.15, 0.2) is 5.78 Å². The Bertz CT molecular complexity index is 1130. The number of para-hydroxylation sites is 1. The van der Waals surface area contributed by atoms with Gasteiger partial charge in [0.2, 0.25) is 5.82 Å². The summed E-state index contributed by atoms with van der Waals surface area (Å²) in [5.41, 5.74) is 4.12. The first-order valence-corrected chi connectivity index (χ1v) is 8.84. The Morgan fingerprint density at radius 2 is 1.75 bits per heavy atom. The standard InChI is InChI=1S/C21H18FN5O/c1-14-12-19(15(2)27(14)18-6-4-3-5-7-18)20(28)13-26-24-21(23-25-26)16-8-10-17(22)11-9-16/h3-12H,13H2,1-2H3. The average Bonchev–Trinajstić information content (AvgIpc) is 3.27. The summed E-state index contributed by atoms with van der Waals surface area (Å²) in [6.45, 7) is 3.87. The lowest BCUT2D eigenvalue weighted by Gasteiger charge is -2.09. The first kappa shape index (κ1) is 17.8. The Labute approximate surface area is 161 Å². The number of Topliss-reactive ketones (excluding diaryl/α,β-unsaturated/α-hetero) is 1. The molecule has 140 valence electrons. The number of aryl methyl sites for hydroxylation is 1. The maximum absolute atomic E-state index is 13.1. The predicted molar refractivity (Wildman–Crippen MR) is 103 cm³/mol. The van der Waals surface area contributed by atoms with Crippen molar-refractivity contribution in [2.75, 3.05) is 0 Å². The molecule has 2 heterocycles. The second kappa shape index (κ2) is 7.19. The van der Waals surface area contributed by atoms with Crippen molar-refractivity contribution in [2.45, 2.75) is 20.4 Å². The van der Waals surface area contributed by atoms with E-state index in [9.17, 15) is 9.18 Å². The topological polar surface area (TPSA) is 65.6 Å². The van der Waals surface area contributed by atoms with Gasteiger partial charge in [-0.05, 0) is 61.5 Å². The Balaban J connectivity index is 1.57. The van der Waals surface area contributed by atoms with E-state index >= 15 is 0 Å². The van der Waals surface area contributed by atoms with Gasteiger partial charge in [-0.1, -0.05) is 18.2 Å². The summed E-state index contributed by atoms with van der Waals surface area (Å²) in [5.74, 6) is -0.0824. The third-order valence-corrected chi connectivity index (χ3v) is 4.59. The van der Waals surface area contributed by atoms with Crippen LogP contribution in [0.2, 0.25) is 0 Å². The van der Waals surface area contributed by atoms with Crippen LogP contribution in [0.15, 0.2) is 60.7 Å². The van der Waals surface area contributed by atoms with Crippen LogP contribution in [-0.4, -0.2) is 30.6 Å². The van der Waals surface area contributed by atoms with Crippen LogP contribution in [0.4, 0.5) is 4.39 Å². The molecule has 6 nitrogen and oxygen atoms in total. The molecule has 4 rings (SSSR count). The molecule has 0 radical (unpaired) electrons. The average molecular weight is 375 g/mol. The van der Waals surface area contributed by atoms with Crippen LogP contribution in [0.3, 0.4) is 0 Å². The number of nitrogens with zero attached hydrogens (tertiary/aromatic N) is 5. The molecule has 0 spiro atoms. The van der Waals surface area contributed by atoms with Gasteiger partial charge in [0, 0.05) is 28.2 Å². The Morgan fingerprint density at radius 3 is 2.46 bits per heavy atom. The molecule has 0 saturated carbocycles. The van der Waals surface area contributed by atoms with E-state index in [0.717, 1.165) is 17.1 Å². The summed E-state index contributed by atoms with van der Waals surface area (Å²) in [6, 6.07) is 17.6. The highest BCUT2D eigenvalue weighted by Crippen LogP contribution is 2.21. The van der Waals surface area contributed by atoms with E-state index in [1.807, 2.05) is 54.8 Å². The van der Waals surface area contributed by atoms with Crippen molar-refractivity contribution in [3.05, 3.63) is 83.4 Å². The molecule has 2 aromatic carbocycles. The maximum Gasteiger partial charge on any atom is 0.204 e. The zero-order chi connectivity index (χ0) is 19.7. The summed E-state index contributed by atoms with van der Waals surface area (Å²) in [7, 11) is 0. The van der Waals surface area contributed by atoms with Crippen LogP contribution in [0.25, 0.3) is 17.1 Å². The van der Waals surface area contributed by atoms with E-state index in [0.29, 0.717) is 17.0 Å². The van der Waals surface area contributed by atoms with Gasteiger partial charge in [-0.3, -0.25) is 4.79 Å². The minimum atomic E-state index is -0.333. The summed E-state index contributed by atoms with van der Waals surface area (Å²) in [5, 5.41) is 12.1. The van der Waals surface area contributed by atoms with Crippen LogP contribution in [0.1, 0.15) is 21.7 Å². The van der Waals surface area contributed by atoms with E-state index in [1.54, 1.807) is 12.1 Å². The van der Waals surface area contributed by atoms with Crippen molar-refractivity contribution in [2.24, 2.45) is 0 Å². The molecule has 0 fully saturated rings. The Kier molecular flexibility index (Phi) is 4.57. The van der Waals surface area contributed by atoms with Crippen molar-refractivity contribution in [1.82, 2.24) is 24.8 Å². The summed E-state index contributed by atoms with van der Waals surface area (Å²) in [6.07, 6.45) is 0. The molecular formula is C21H18FN5O. The van der Waals surface area contributed by atoms with Crippen LogP contribution < -0.4 is 0 Å². The highest BCUT2D eigenvalue weighted by molar-refractivity contribution is 5.97. The molecular weight excluding hydrogens is 357 g/mol. The Morgan fingerprint density at radius 1 is 1.04 bits per heavy atom. The molecule has 0 N–H and O–H groups in total. The number of rotatable bonds is 5. The lowest BCUT2D eigenvalue weighted by molar-refractivity contribution is 0.0961. The van der Waals surface area contributed by atoms with E-state index in [2.05, 4.69) is 15.4 Å². The third kappa shape index (κ3) is 3.34. The lowest BCUT2D eigenvalue weighted by atomic mass is 10.1. The molecule has 4 aromatic rings. The van der Waals surface area contributed by atoms with Crippen LogP contribution in [0, 0.1) is 19.7 Å². The second-order valence-electron chi connectivity index (χ2n) is 6.53. The summed E-state index contributed by atoms with van der Waals surface area (Å²) >= 11 is 0. The van der Waals surface area contributed by atoms with Gasteiger partial charge >= 0.3 is 0 Å².